The third kappa shape index (κ3) is 5.57. The summed E-state index contributed by atoms with van der Waals surface area (Å²) in [5.41, 5.74) is -4.43. The molecule has 6 rings (SSSR count). The van der Waals surface area contributed by atoms with Crippen LogP contribution in [0, 0.1) is 39.9 Å². The normalized spacial score (nSPS) is 35.2. The number of carbonyl (C=O) groups excluding carboxylic acids is 4. The number of ether oxygens (including phenoxy) is 6. The van der Waals surface area contributed by atoms with Gasteiger partial charge in [-0.25, -0.2) is 4.79 Å². The zero-order chi connectivity index (χ0) is 29.8. The highest BCUT2D eigenvalue weighted by molar-refractivity contribution is 5.89. The van der Waals surface area contributed by atoms with Gasteiger partial charge in [0.25, 0.3) is 0 Å². The van der Waals surface area contributed by atoms with Gasteiger partial charge in [0.15, 0.2) is 6.10 Å². The summed E-state index contributed by atoms with van der Waals surface area (Å²) in [4.78, 5) is 52.5. The Bertz CT molecular complexity index is 1030. The van der Waals surface area contributed by atoms with Gasteiger partial charge in [-0.1, -0.05) is 6.92 Å². The Morgan fingerprint density at radius 2 is 1.39 bits per heavy atom. The minimum Gasteiger partial charge on any atom is -0.462 e. The first-order valence-electron chi connectivity index (χ1n) is 15.2. The number of hydrogen-bond acceptors (Lipinski definition) is 10. The number of epoxide rings is 1. The van der Waals surface area contributed by atoms with E-state index in [2.05, 4.69) is 6.92 Å². The fraction of sp³-hybridized carbons (Fsp3) is 0.871. The molecule has 2 aliphatic heterocycles. The lowest BCUT2D eigenvalue weighted by molar-refractivity contribution is -0.220. The highest BCUT2D eigenvalue weighted by atomic mass is 16.8. The molecule has 230 valence electrons. The number of hydrogen-bond donors (Lipinski definition) is 0. The molecule has 3 unspecified atom stereocenters. The zero-order valence-electron chi connectivity index (χ0n) is 25.3. The average molecular weight is 579 g/mol. The van der Waals surface area contributed by atoms with Crippen LogP contribution in [0.3, 0.4) is 0 Å². The first kappa shape index (κ1) is 30.1. The fourth-order valence-corrected chi connectivity index (χ4v) is 8.13. The van der Waals surface area contributed by atoms with Crippen molar-refractivity contribution in [2.45, 2.75) is 104 Å². The van der Waals surface area contributed by atoms with Crippen molar-refractivity contribution in [3.63, 3.8) is 0 Å². The van der Waals surface area contributed by atoms with E-state index in [4.69, 9.17) is 28.4 Å². The summed E-state index contributed by atoms with van der Waals surface area (Å²) in [5, 5.41) is 0. The highest BCUT2D eigenvalue weighted by Crippen LogP contribution is 2.61. The van der Waals surface area contributed by atoms with Crippen molar-refractivity contribution in [2.24, 2.45) is 39.9 Å². The van der Waals surface area contributed by atoms with E-state index in [1.807, 2.05) is 0 Å². The minimum atomic E-state index is -1.45. The number of rotatable bonds is 12. The van der Waals surface area contributed by atoms with Gasteiger partial charge < -0.3 is 28.4 Å². The second kappa shape index (κ2) is 10.7. The Morgan fingerprint density at radius 3 is 1.90 bits per heavy atom. The molecule has 0 aromatic rings. The third-order valence-electron chi connectivity index (χ3n) is 10.9. The SMILES string of the molecule is CCC1(OC(=O)C(C)(C)CC(C)(C(=O)OCC2CO2)C(C)(C)C(=O)OCC2COC(=O)O2)C2CC3CC(C2)CC1C3. The molecular formula is C31H46O10. The topological polar surface area (TPSA) is 127 Å². The molecule has 0 amide bonds. The van der Waals surface area contributed by atoms with Crippen molar-refractivity contribution in [1.29, 1.82) is 0 Å². The molecule has 4 saturated carbocycles. The minimum absolute atomic E-state index is 0.00714. The summed E-state index contributed by atoms with van der Waals surface area (Å²) < 4.78 is 32.7. The lowest BCUT2D eigenvalue weighted by Gasteiger charge is -2.60. The van der Waals surface area contributed by atoms with E-state index in [0.29, 0.717) is 18.4 Å². The lowest BCUT2D eigenvalue weighted by Crippen LogP contribution is -2.60. The largest absolute Gasteiger partial charge is 0.508 e. The van der Waals surface area contributed by atoms with Crippen molar-refractivity contribution in [3.8, 4) is 0 Å². The molecule has 4 aliphatic carbocycles. The van der Waals surface area contributed by atoms with Crippen LogP contribution in [0.25, 0.3) is 0 Å². The number of esters is 3. The molecule has 2 saturated heterocycles. The van der Waals surface area contributed by atoms with Gasteiger partial charge in [-0.15, -0.1) is 0 Å². The Labute approximate surface area is 242 Å². The Hall–Kier alpha value is -2.36. The smallest absolute Gasteiger partial charge is 0.462 e. The van der Waals surface area contributed by atoms with Crippen molar-refractivity contribution < 1.29 is 47.6 Å². The predicted octanol–water partition coefficient (Wildman–Crippen LogP) is 4.60. The second-order valence-electron chi connectivity index (χ2n) is 14.5. The monoisotopic (exact) mass is 578 g/mol. The molecule has 10 nitrogen and oxygen atoms in total. The molecule has 0 radical (unpaired) electrons. The maximum Gasteiger partial charge on any atom is 0.508 e. The van der Waals surface area contributed by atoms with Gasteiger partial charge in [0.1, 0.15) is 31.5 Å². The number of carbonyl (C=O) groups is 4. The van der Waals surface area contributed by atoms with E-state index in [1.165, 1.54) is 6.42 Å². The van der Waals surface area contributed by atoms with Gasteiger partial charge in [0.2, 0.25) is 0 Å². The molecule has 10 heteroatoms. The van der Waals surface area contributed by atoms with Crippen LogP contribution in [-0.2, 0) is 42.8 Å². The first-order chi connectivity index (χ1) is 19.2. The van der Waals surface area contributed by atoms with E-state index >= 15 is 0 Å². The van der Waals surface area contributed by atoms with Crippen LogP contribution in [0.2, 0.25) is 0 Å². The lowest BCUT2D eigenvalue weighted by atomic mass is 9.49. The van der Waals surface area contributed by atoms with E-state index < -0.39 is 46.0 Å². The van der Waals surface area contributed by atoms with Gasteiger partial charge in [-0.05, 0) is 103 Å². The Morgan fingerprint density at radius 1 is 0.829 bits per heavy atom. The molecule has 2 heterocycles. The average Bonchev–Trinajstić information content (AvgIpc) is 3.65. The summed E-state index contributed by atoms with van der Waals surface area (Å²) in [6.07, 6.45) is 4.85. The summed E-state index contributed by atoms with van der Waals surface area (Å²) in [6.45, 7) is 10.9. The van der Waals surface area contributed by atoms with E-state index in [-0.39, 0.29) is 38.3 Å². The molecule has 6 aliphatic rings. The zero-order valence-corrected chi connectivity index (χ0v) is 25.3. The highest BCUT2D eigenvalue weighted by Gasteiger charge is 2.61. The standard InChI is InChI=1S/C31H46O10/c1-7-31(20-9-18-8-19(11-20)12-21(31)10-18)41-24(32)28(2,3)17-30(6,26(34)38-14-22-13-36-22)29(4,5)25(33)37-15-23-16-39-27(35)40-23/h18-23H,7-17H2,1-6H3. The summed E-state index contributed by atoms with van der Waals surface area (Å²) in [6, 6.07) is 0. The van der Waals surface area contributed by atoms with Crippen molar-refractivity contribution in [2.75, 3.05) is 26.4 Å². The summed E-state index contributed by atoms with van der Waals surface area (Å²) >= 11 is 0. The molecule has 0 aromatic heterocycles. The quantitative estimate of drug-likeness (QED) is 0.184. The Balaban J connectivity index is 1.34. The molecule has 0 N–H and O–H groups in total. The van der Waals surface area contributed by atoms with E-state index in [0.717, 1.165) is 43.9 Å². The molecule has 41 heavy (non-hydrogen) atoms. The van der Waals surface area contributed by atoms with Crippen LogP contribution >= 0.6 is 0 Å². The van der Waals surface area contributed by atoms with Crippen LogP contribution < -0.4 is 0 Å². The second-order valence-corrected chi connectivity index (χ2v) is 14.5. The maximum absolute atomic E-state index is 14.1. The fourth-order valence-electron chi connectivity index (χ4n) is 8.13. The predicted molar refractivity (Wildman–Crippen MR) is 144 cm³/mol. The van der Waals surface area contributed by atoms with Crippen LogP contribution in [0.5, 0.6) is 0 Å². The van der Waals surface area contributed by atoms with Gasteiger partial charge in [0, 0.05) is 0 Å². The van der Waals surface area contributed by atoms with Gasteiger partial charge in [0.05, 0.1) is 22.9 Å². The van der Waals surface area contributed by atoms with Crippen LogP contribution in [-0.4, -0.2) is 68.3 Å². The third-order valence-corrected chi connectivity index (χ3v) is 10.9. The molecular weight excluding hydrogens is 532 g/mol. The van der Waals surface area contributed by atoms with Gasteiger partial charge >= 0.3 is 24.1 Å². The van der Waals surface area contributed by atoms with E-state index in [9.17, 15) is 19.2 Å². The summed E-state index contributed by atoms with van der Waals surface area (Å²) in [5.74, 6) is 0.601. The van der Waals surface area contributed by atoms with Crippen LogP contribution in [0.15, 0.2) is 0 Å². The molecule has 0 spiro atoms. The molecule has 6 fully saturated rings. The van der Waals surface area contributed by atoms with E-state index in [1.54, 1.807) is 34.6 Å². The van der Waals surface area contributed by atoms with Crippen molar-refractivity contribution in [3.05, 3.63) is 0 Å². The molecule has 0 aromatic carbocycles. The number of cyclic esters (lactones) is 2. The van der Waals surface area contributed by atoms with Gasteiger partial charge in [-0.2, -0.15) is 0 Å². The van der Waals surface area contributed by atoms with Gasteiger partial charge in [-0.3, -0.25) is 14.4 Å². The van der Waals surface area contributed by atoms with Crippen LogP contribution in [0.1, 0.15) is 86.5 Å². The maximum atomic E-state index is 14.1. The first-order valence-corrected chi connectivity index (χ1v) is 15.2. The van der Waals surface area contributed by atoms with Crippen LogP contribution in [0.4, 0.5) is 4.79 Å². The molecule has 3 atom stereocenters. The Kier molecular flexibility index (Phi) is 7.88. The van der Waals surface area contributed by atoms with Crippen molar-refractivity contribution >= 4 is 24.1 Å². The van der Waals surface area contributed by atoms with Crippen molar-refractivity contribution in [1.82, 2.24) is 0 Å². The molecule has 4 bridgehead atoms. The summed E-state index contributed by atoms with van der Waals surface area (Å²) in [7, 11) is 0.